The molecule has 1 heterocycles. The third kappa shape index (κ3) is 4.75. The van der Waals surface area contributed by atoms with E-state index in [0.29, 0.717) is 11.5 Å². The topological polar surface area (TPSA) is 52.6 Å². The van der Waals surface area contributed by atoms with Gasteiger partial charge in [-0.2, -0.15) is 0 Å². The van der Waals surface area contributed by atoms with Gasteiger partial charge in [0.25, 0.3) is 0 Å². The molecule has 2 aromatic carbocycles. The minimum Gasteiger partial charge on any atom is -0.353 e. The Morgan fingerprint density at radius 2 is 1.16 bits per heavy atom. The van der Waals surface area contributed by atoms with E-state index in [1.54, 1.807) is 12.1 Å². The van der Waals surface area contributed by atoms with Crippen LogP contribution in [0, 0.1) is 13.8 Å². The highest BCUT2D eigenvalue weighted by Crippen LogP contribution is 2.28. The zero-order chi connectivity index (χ0) is 17.9. The summed E-state index contributed by atoms with van der Waals surface area (Å²) in [6.07, 6.45) is 5.87. The first kappa shape index (κ1) is 17.8. The van der Waals surface area contributed by atoms with Crippen LogP contribution in [0.15, 0.2) is 36.4 Å². The lowest BCUT2D eigenvalue weighted by Gasteiger charge is -2.14. The minimum absolute atomic E-state index is 0.360. The van der Waals surface area contributed by atoms with E-state index in [9.17, 15) is 8.42 Å². The number of aryl methyl sites for hydroxylation is 4. The Morgan fingerprint density at radius 1 is 0.720 bits per heavy atom. The molecule has 0 atom stereocenters. The summed E-state index contributed by atoms with van der Waals surface area (Å²) >= 11 is 0. The molecule has 134 valence electrons. The highest BCUT2D eigenvalue weighted by Gasteiger charge is 2.20. The summed E-state index contributed by atoms with van der Waals surface area (Å²) in [5, 5.41) is 0. The number of benzene rings is 2. The number of fused-ring (bicyclic) bond motifs is 2. The fourth-order valence-corrected chi connectivity index (χ4v) is 3.99. The molecule has 0 aromatic heterocycles. The summed E-state index contributed by atoms with van der Waals surface area (Å²) in [6, 6.07) is 11.1. The van der Waals surface area contributed by atoms with Gasteiger partial charge < -0.3 is 8.37 Å². The van der Waals surface area contributed by atoms with Crippen LogP contribution in [-0.2, 0) is 23.2 Å². The molecule has 0 fully saturated rings. The van der Waals surface area contributed by atoms with E-state index in [1.165, 1.54) is 0 Å². The number of hydrogen-bond acceptors (Lipinski definition) is 4. The van der Waals surface area contributed by atoms with Crippen LogP contribution in [-0.4, -0.2) is 8.42 Å². The van der Waals surface area contributed by atoms with Crippen molar-refractivity contribution in [2.75, 3.05) is 0 Å². The van der Waals surface area contributed by atoms with Gasteiger partial charge in [0.2, 0.25) is 0 Å². The molecule has 0 bridgehead atoms. The van der Waals surface area contributed by atoms with Crippen LogP contribution in [0.25, 0.3) is 0 Å². The van der Waals surface area contributed by atoms with Gasteiger partial charge in [-0.1, -0.05) is 48.2 Å². The zero-order valence-corrected chi connectivity index (χ0v) is 15.6. The molecule has 0 amide bonds. The van der Waals surface area contributed by atoms with Gasteiger partial charge in [0.1, 0.15) is 11.5 Å². The summed E-state index contributed by atoms with van der Waals surface area (Å²) in [7, 11) is -4.17. The first-order valence-electron chi connectivity index (χ1n) is 8.76. The van der Waals surface area contributed by atoms with Gasteiger partial charge in [-0.3, -0.25) is 0 Å². The van der Waals surface area contributed by atoms with E-state index >= 15 is 0 Å². The van der Waals surface area contributed by atoms with Crippen molar-refractivity contribution in [1.82, 2.24) is 0 Å². The van der Waals surface area contributed by atoms with Crippen molar-refractivity contribution in [3.05, 3.63) is 58.7 Å². The lowest BCUT2D eigenvalue weighted by molar-refractivity contribution is 0.389. The molecule has 1 aliphatic rings. The molecule has 2 aromatic rings. The van der Waals surface area contributed by atoms with Gasteiger partial charge in [-0.25, -0.2) is 0 Å². The molecule has 0 radical (unpaired) electrons. The van der Waals surface area contributed by atoms with Crippen LogP contribution < -0.4 is 8.37 Å². The lowest BCUT2D eigenvalue weighted by Crippen LogP contribution is -2.18. The molecule has 0 saturated heterocycles. The van der Waals surface area contributed by atoms with E-state index in [4.69, 9.17) is 8.37 Å². The van der Waals surface area contributed by atoms with Crippen LogP contribution in [0.4, 0.5) is 0 Å². The van der Waals surface area contributed by atoms with Crippen molar-refractivity contribution < 1.29 is 16.8 Å². The van der Waals surface area contributed by atoms with Crippen LogP contribution in [0.2, 0.25) is 0 Å². The summed E-state index contributed by atoms with van der Waals surface area (Å²) in [5.41, 5.74) is 4.00. The van der Waals surface area contributed by atoms with Gasteiger partial charge in [-0.05, 0) is 62.8 Å². The Balaban J connectivity index is 1.97. The summed E-state index contributed by atoms with van der Waals surface area (Å²) in [5.74, 6) is 0.719. The molecule has 4 nitrogen and oxygen atoms in total. The van der Waals surface area contributed by atoms with Gasteiger partial charge >= 0.3 is 10.4 Å². The fraction of sp³-hybridized carbons (Fsp3) is 0.400. The average molecular weight is 360 g/mol. The van der Waals surface area contributed by atoms with Crippen molar-refractivity contribution in [2.24, 2.45) is 0 Å². The summed E-state index contributed by atoms with van der Waals surface area (Å²) in [4.78, 5) is 0. The van der Waals surface area contributed by atoms with E-state index < -0.39 is 10.4 Å². The van der Waals surface area contributed by atoms with Gasteiger partial charge in [0, 0.05) is 0 Å². The second-order valence-corrected chi connectivity index (χ2v) is 7.86. The van der Waals surface area contributed by atoms with Gasteiger partial charge in [-0.15, -0.1) is 8.42 Å². The maximum atomic E-state index is 12.4. The first-order chi connectivity index (χ1) is 11.9. The minimum atomic E-state index is -4.17. The molecule has 0 saturated carbocycles. The summed E-state index contributed by atoms with van der Waals surface area (Å²) in [6.45, 7) is 3.98. The normalized spacial score (nSPS) is 17.5. The Labute approximate surface area is 150 Å². The van der Waals surface area contributed by atoms with Crippen molar-refractivity contribution in [3.8, 4) is 11.5 Å². The number of hydrogen-bond donors (Lipinski definition) is 0. The predicted molar refractivity (Wildman–Crippen MR) is 98.4 cm³/mol. The van der Waals surface area contributed by atoms with Crippen LogP contribution in [0.1, 0.15) is 47.9 Å². The third-order valence-electron chi connectivity index (χ3n) is 4.46. The third-order valence-corrected chi connectivity index (χ3v) is 5.23. The molecule has 25 heavy (non-hydrogen) atoms. The molecular weight excluding hydrogens is 336 g/mol. The Morgan fingerprint density at radius 3 is 1.60 bits per heavy atom. The van der Waals surface area contributed by atoms with Crippen LogP contribution in [0.3, 0.4) is 0 Å². The fourth-order valence-electron chi connectivity index (χ4n) is 3.19. The number of rotatable bonds is 0. The second kappa shape index (κ2) is 7.48. The highest BCUT2D eigenvalue weighted by molar-refractivity contribution is 7.82. The maximum absolute atomic E-state index is 12.4. The van der Waals surface area contributed by atoms with E-state index in [1.807, 2.05) is 38.1 Å². The average Bonchev–Trinajstić information content (AvgIpc) is 2.55. The molecule has 0 aliphatic carbocycles. The van der Waals surface area contributed by atoms with E-state index in [-0.39, 0.29) is 0 Å². The Bertz CT molecular complexity index is 790. The first-order valence-corrected chi connectivity index (χ1v) is 10.1. The highest BCUT2D eigenvalue weighted by atomic mass is 32.3. The molecule has 0 spiro atoms. The van der Waals surface area contributed by atoms with Gasteiger partial charge in [0.15, 0.2) is 0 Å². The molecule has 5 heteroatoms. The standard InChI is InChI=1S/C20H24O4S/c1-15-9-11-19-17(13-15)7-5-3-4-6-8-18-14-16(2)10-12-20(18)24-25(21,22)23-19/h9-14H,3-8H2,1-2H3. The van der Waals surface area contributed by atoms with Crippen LogP contribution >= 0.6 is 0 Å². The molecule has 0 N–H and O–H groups in total. The smallest absolute Gasteiger partial charge is 0.353 e. The zero-order valence-electron chi connectivity index (χ0n) is 14.7. The SMILES string of the molecule is Cc1ccc2c(c1)CCCCCCc1cc(C)ccc1OS(=O)(=O)O2. The Hall–Kier alpha value is -2.01. The lowest BCUT2D eigenvalue weighted by atomic mass is 10.0. The maximum Gasteiger partial charge on any atom is 0.501 e. The quantitative estimate of drug-likeness (QED) is 0.685. The monoisotopic (exact) mass is 360 g/mol. The largest absolute Gasteiger partial charge is 0.501 e. The van der Waals surface area contributed by atoms with Crippen molar-refractivity contribution >= 4 is 10.4 Å². The summed E-state index contributed by atoms with van der Waals surface area (Å²) < 4.78 is 35.4. The molecule has 0 unspecified atom stereocenters. The predicted octanol–water partition coefficient (Wildman–Crippen LogP) is 4.67. The van der Waals surface area contributed by atoms with E-state index in [0.717, 1.165) is 60.8 Å². The van der Waals surface area contributed by atoms with Crippen molar-refractivity contribution in [2.45, 2.75) is 52.4 Å². The van der Waals surface area contributed by atoms with E-state index in [2.05, 4.69) is 0 Å². The molecule has 1 aliphatic heterocycles. The van der Waals surface area contributed by atoms with Crippen molar-refractivity contribution in [1.29, 1.82) is 0 Å². The Kier molecular flexibility index (Phi) is 5.33. The van der Waals surface area contributed by atoms with Crippen LogP contribution in [0.5, 0.6) is 11.5 Å². The van der Waals surface area contributed by atoms with Gasteiger partial charge in [0.05, 0.1) is 0 Å². The molecule has 3 rings (SSSR count). The second-order valence-electron chi connectivity index (χ2n) is 6.71. The molecular formula is C20H24O4S. The van der Waals surface area contributed by atoms with Crippen molar-refractivity contribution in [3.63, 3.8) is 0 Å².